The smallest absolute Gasteiger partial charge is 0.423 e. The lowest BCUT2D eigenvalue weighted by atomic mass is 10.2. The molecule has 0 atom stereocenters. The van der Waals surface area contributed by atoms with Gasteiger partial charge in [0.05, 0.1) is 11.9 Å². The van der Waals surface area contributed by atoms with Gasteiger partial charge in [-0.1, -0.05) is 0 Å². The van der Waals surface area contributed by atoms with E-state index in [9.17, 15) is 22.8 Å². The monoisotopic (exact) mass is 430 g/mol. The summed E-state index contributed by atoms with van der Waals surface area (Å²) >= 11 is 0. The molecule has 0 spiro atoms. The Kier molecular flexibility index (Phi) is 4.81. The number of hydrogen-bond acceptors (Lipinski definition) is 7. The summed E-state index contributed by atoms with van der Waals surface area (Å²) in [6.45, 7) is 0. The van der Waals surface area contributed by atoms with Gasteiger partial charge in [0.15, 0.2) is 17.4 Å². The number of carbonyl (C=O) groups excluding carboxylic acids is 2. The van der Waals surface area contributed by atoms with Crippen molar-refractivity contribution >= 4 is 40.6 Å². The number of fused-ring (bicyclic) bond motifs is 1. The maximum absolute atomic E-state index is 14.2. The Labute approximate surface area is 172 Å². The molecule has 5 N–H and O–H groups in total. The van der Waals surface area contributed by atoms with Gasteiger partial charge in [-0.2, -0.15) is 13.8 Å². The second-order valence-electron chi connectivity index (χ2n) is 6.37. The second kappa shape index (κ2) is 7.48. The van der Waals surface area contributed by atoms with Crippen LogP contribution in [0, 0.1) is 5.82 Å². The molecule has 0 fully saturated rings. The Hall–Kier alpha value is -4.35. The third kappa shape index (κ3) is 4.17. The zero-order valence-electron chi connectivity index (χ0n) is 15.4. The number of halogens is 3. The van der Waals surface area contributed by atoms with Crippen molar-refractivity contribution in [2.24, 2.45) is 5.73 Å². The van der Waals surface area contributed by atoms with Crippen LogP contribution in [0.25, 0.3) is 0 Å². The molecule has 12 heteroatoms. The third-order valence-electron chi connectivity index (χ3n) is 4.16. The highest BCUT2D eigenvalue weighted by Crippen LogP contribution is 2.37. The topological polar surface area (TPSA) is 131 Å². The van der Waals surface area contributed by atoms with Gasteiger partial charge in [0, 0.05) is 16.9 Å². The van der Waals surface area contributed by atoms with Crippen LogP contribution in [-0.2, 0) is 4.79 Å². The quantitative estimate of drug-likeness (QED) is 0.489. The molecule has 0 saturated heterocycles. The van der Waals surface area contributed by atoms with Gasteiger partial charge in [0.25, 0.3) is 0 Å². The number of amides is 2. The molecular formula is C19H13F3N6O3. The number of benzene rings is 2. The molecule has 31 heavy (non-hydrogen) atoms. The van der Waals surface area contributed by atoms with Crippen LogP contribution in [0.3, 0.4) is 0 Å². The van der Waals surface area contributed by atoms with Gasteiger partial charge in [0.1, 0.15) is 0 Å². The largest absolute Gasteiger partial charge is 0.482 e. The number of ether oxygens (including phenoxy) is 1. The molecule has 158 valence electrons. The standard InChI is InChI=1S/C19H13F3N6O3/c20-12-8-24-18(26-10-3-1-9(2-4-10)15(23)29)28-16(12)25-11-5-6-14-13(7-11)27-17(30)19(21,22)31-14/h1-8H,(H2,23,29)(H,27,30)(H2,24,25,26,28). The molecule has 4 rings (SSSR count). The molecule has 3 aromatic rings. The Bertz CT molecular complexity index is 1190. The van der Waals surface area contributed by atoms with E-state index in [1.54, 1.807) is 12.1 Å². The lowest BCUT2D eigenvalue weighted by molar-refractivity contribution is -0.189. The molecule has 9 nitrogen and oxygen atoms in total. The molecule has 1 aliphatic rings. The second-order valence-corrected chi connectivity index (χ2v) is 6.37. The minimum atomic E-state index is -3.98. The van der Waals surface area contributed by atoms with Crippen LogP contribution in [0.5, 0.6) is 5.75 Å². The first-order chi connectivity index (χ1) is 14.7. The predicted molar refractivity (Wildman–Crippen MR) is 104 cm³/mol. The summed E-state index contributed by atoms with van der Waals surface area (Å²) in [5.74, 6) is -3.37. The highest BCUT2D eigenvalue weighted by molar-refractivity contribution is 5.99. The predicted octanol–water partition coefficient (Wildman–Crippen LogP) is 3.13. The van der Waals surface area contributed by atoms with Crippen molar-refractivity contribution in [2.45, 2.75) is 6.11 Å². The highest BCUT2D eigenvalue weighted by Gasteiger charge is 2.46. The van der Waals surface area contributed by atoms with Crippen molar-refractivity contribution in [2.75, 3.05) is 16.0 Å². The van der Waals surface area contributed by atoms with Crippen LogP contribution in [0.1, 0.15) is 10.4 Å². The van der Waals surface area contributed by atoms with E-state index in [-0.39, 0.29) is 28.9 Å². The first kappa shape index (κ1) is 19.9. The van der Waals surface area contributed by atoms with Gasteiger partial charge in [-0.05, 0) is 42.5 Å². The fraction of sp³-hybridized carbons (Fsp3) is 0.0526. The fourth-order valence-corrected chi connectivity index (χ4v) is 2.67. The summed E-state index contributed by atoms with van der Waals surface area (Å²) in [6.07, 6.45) is -3.05. The number of aromatic nitrogens is 2. The molecule has 0 bridgehead atoms. The first-order valence-corrected chi connectivity index (χ1v) is 8.70. The van der Waals surface area contributed by atoms with Crippen LogP contribution in [0.4, 0.5) is 42.0 Å². The van der Waals surface area contributed by atoms with Crippen molar-refractivity contribution in [1.82, 2.24) is 9.97 Å². The van der Waals surface area contributed by atoms with Crippen LogP contribution >= 0.6 is 0 Å². The minimum Gasteiger partial charge on any atom is -0.423 e. The highest BCUT2D eigenvalue weighted by atomic mass is 19.3. The lowest BCUT2D eigenvalue weighted by Gasteiger charge is -2.25. The fourth-order valence-electron chi connectivity index (χ4n) is 2.67. The van der Waals surface area contributed by atoms with E-state index in [2.05, 4.69) is 25.3 Å². The molecular weight excluding hydrogens is 417 g/mol. The van der Waals surface area contributed by atoms with Crippen molar-refractivity contribution in [3.8, 4) is 5.75 Å². The van der Waals surface area contributed by atoms with Crippen molar-refractivity contribution in [3.05, 3.63) is 60.0 Å². The van der Waals surface area contributed by atoms with E-state index < -0.39 is 23.7 Å². The summed E-state index contributed by atoms with van der Waals surface area (Å²) in [5.41, 5.74) is 6.27. The lowest BCUT2D eigenvalue weighted by Crippen LogP contribution is -2.43. The minimum absolute atomic E-state index is 0.0109. The summed E-state index contributed by atoms with van der Waals surface area (Å²) in [4.78, 5) is 30.4. The average molecular weight is 430 g/mol. The Balaban J connectivity index is 1.53. The molecule has 0 radical (unpaired) electrons. The summed E-state index contributed by atoms with van der Waals surface area (Å²) < 4.78 is 45.2. The van der Waals surface area contributed by atoms with Crippen LogP contribution < -0.4 is 26.4 Å². The van der Waals surface area contributed by atoms with Gasteiger partial charge in [0.2, 0.25) is 11.9 Å². The molecule has 0 unspecified atom stereocenters. The van der Waals surface area contributed by atoms with Crippen molar-refractivity contribution in [1.29, 1.82) is 0 Å². The number of alkyl halides is 2. The van der Waals surface area contributed by atoms with Gasteiger partial charge in [-0.3, -0.25) is 9.59 Å². The molecule has 1 aromatic heterocycles. The number of carbonyl (C=O) groups is 2. The number of rotatable bonds is 5. The molecule has 2 aromatic carbocycles. The molecule has 0 saturated carbocycles. The van der Waals surface area contributed by atoms with Gasteiger partial charge in [-0.25, -0.2) is 9.37 Å². The number of anilines is 5. The zero-order valence-corrected chi connectivity index (χ0v) is 15.4. The van der Waals surface area contributed by atoms with E-state index in [0.717, 1.165) is 6.20 Å². The molecule has 0 aliphatic carbocycles. The molecule has 2 amide bonds. The summed E-state index contributed by atoms with van der Waals surface area (Å²) in [6, 6.07) is 9.98. The van der Waals surface area contributed by atoms with Crippen LogP contribution in [0.2, 0.25) is 0 Å². The number of nitrogens with one attached hydrogen (secondary N) is 3. The maximum atomic E-state index is 14.2. The average Bonchev–Trinajstić information content (AvgIpc) is 2.72. The normalized spacial score (nSPS) is 14.1. The van der Waals surface area contributed by atoms with E-state index >= 15 is 0 Å². The van der Waals surface area contributed by atoms with Crippen LogP contribution in [0.15, 0.2) is 48.7 Å². The SMILES string of the molecule is NC(=O)c1ccc(Nc2ncc(F)c(Nc3ccc4c(c3)NC(=O)C(F)(F)O4)n2)cc1. The van der Waals surface area contributed by atoms with E-state index in [1.165, 1.54) is 30.3 Å². The van der Waals surface area contributed by atoms with Crippen molar-refractivity contribution in [3.63, 3.8) is 0 Å². The van der Waals surface area contributed by atoms with Gasteiger partial charge >= 0.3 is 12.0 Å². The zero-order chi connectivity index (χ0) is 22.2. The van der Waals surface area contributed by atoms with E-state index in [4.69, 9.17) is 5.73 Å². The Morgan fingerprint density at radius 3 is 2.52 bits per heavy atom. The number of primary amides is 1. The summed E-state index contributed by atoms with van der Waals surface area (Å²) in [5, 5.41) is 7.56. The first-order valence-electron chi connectivity index (χ1n) is 8.70. The third-order valence-corrected chi connectivity index (χ3v) is 4.16. The Morgan fingerprint density at radius 2 is 1.81 bits per heavy atom. The number of hydrogen-bond donors (Lipinski definition) is 4. The Morgan fingerprint density at radius 1 is 1.10 bits per heavy atom. The number of nitrogens with zero attached hydrogens (tertiary/aromatic N) is 2. The van der Waals surface area contributed by atoms with E-state index in [1.807, 2.05) is 5.32 Å². The van der Waals surface area contributed by atoms with Gasteiger partial charge < -0.3 is 26.4 Å². The number of nitrogens with two attached hydrogens (primary N) is 1. The van der Waals surface area contributed by atoms with E-state index in [0.29, 0.717) is 11.3 Å². The van der Waals surface area contributed by atoms with Crippen molar-refractivity contribution < 1.29 is 27.5 Å². The van der Waals surface area contributed by atoms with Gasteiger partial charge in [-0.15, -0.1) is 0 Å². The maximum Gasteiger partial charge on any atom is 0.482 e. The molecule has 1 aliphatic heterocycles. The summed E-state index contributed by atoms with van der Waals surface area (Å²) in [7, 11) is 0. The molecule has 2 heterocycles. The van der Waals surface area contributed by atoms with Crippen LogP contribution in [-0.4, -0.2) is 27.9 Å².